The van der Waals surface area contributed by atoms with Crippen molar-refractivity contribution in [3.05, 3.63) is 35.6 Å². The van der Waals surface area contributed by atoms with Crippen molar-refractivity contribution < 1.29 is 9.18 Å². The van der Waals surface area contributed by atoms with E-state index in [1.807, 2.05) is 11.0 Å². The molecule has 1 aromatic rings. The van der Waals surface area contributed by atoms with Crippen LogP contribution in [0.5, 0.6) is 0 Å². The molecule has 4 rings (SSSR count). The lowest BCUT2D eigenvalue weighted by Crippen LogP contribution is -2.39. The number of nitrogens with zero attached hydrogens (tertiary/aromatic N) is 1. The molecule has 2 saturated carbocycles. The molecule has 1 aromatic carbocycles. The van der Waals surface area contributed by atoms with Gasteiger partial charge in [-0.3, -0.25) is 4.79 Å². The van der Waals surface area contributed by atoms with Gasteiger partial charge in [-0.05, 0) is 43.6 Å². The molecule has 0 bridgehead atoms. The van der Waals surface area contributed by atoms with E-state index >= 15 is 0 Å². The standard InChI is InChI=1S/C17H21FN2O/c18-14-4-2-1-3-13(14)17(7-8-17)16(21)20-9-12(11-5-6-11)15(19)10-20/h1-4,11-12,15H,5-10,19H2/t12-,15+/m1/s1. The lowest BCUT2D eigenvalue weighted by atomic mass is 9.93. The highest BCUT2D eigenvalue weighted by atomic mass is 19.1. The summed E-state index contributed by atoms with van der Waals surface area (Å²) < 4.78 is 14.1. The Morgan fingerprint density at radius 3 is 2.57 bits per heavy atom. The molecule has 3 nitrogen and oxygen atoms in total. The van der Waals surface area contributed by atoms with Crippen LogP contribution in [0, 0.1) is 17.7 Å². The number of halogens is 1. The van der Waals surface area contributed by atoms with E-state index in [-0.39, 0.29) is 17.8 Å². The maximum absolute atomic E-state index is 14.1. The zero-order valence-electron chi connectivity index (χ0n) is 12.1. The normalized spacial score (nSPS) is 30.5. The van der Waals surface area contributed by atoms with Crippen LogP contribution in [-0.2, 0) is 10.2 Å². The Hall–Kier alpha value is -1.42. The number of likely N-dealkylation sites (tertiary alicyclic amines) is 1. The first-order valence-corrected chi connectivity index (χ1v) is 7.92. The van der Waals surface area contributed by atoms with Crippen molar-refractivity contribution in [3.63, 3.8) is 0 Å². The van der Waals surface area contributed by atoms with Crippen LogP contribution < -0.4 is 5.73 Å². The van der Waals surface area contributed by atoms with Crippen molar-refractivity contribution in [2.75, 3.05) is 13.1 Å². The molecule has 2 atom stereocenters. The number of hydrogen-bond donors (Lipinski definition) is 1. The largest absolute Gasteiger partial charge is 0.340 e. The molecule has 1 saturated heterocycles. The van der Waals surface area contributed by atoms with Crippen LogP contribution in [0.1, 0.15) is 31.2 Å². The number of nitrogens with two attached hydrogens (primary N) is 1. The van der Waals surface area contributed by atoms with Gasteiger partial charge in [0.15, 0.2) is 0 Å². The van der Waals surface area contributed by atoms with Crippen molar-refractivity contribution in [1.82, 2.24) is 4.90 Å². The second-order valence-electron chi connectivity index (χ2n) is 6.94. The minimum atomic E-state index is -0.608. The summed E-state index contributed by atoms with van der Waals surface area (Å²) in [5.74, 6) is 0.989. The summed E-state index contributed by atoms with van der Waals surface area (Å²) in [6.45, 7) is 1.40. The van der Waals surface area contributed by atoms with E-state index in [2.05, 4.69) is 0 Å². The first kappa shape index (κ1) is 13.3. The fourth-order valence-corrected chi connectivity index (χ4v) is 3.92. The van der Waals surface area contributed by atoms with Crippen LogP contribution in [0.25, 0.3) is 0 Å². The third kappa shape index (κ3) is 2.08. The topological polar surface area (TPSA) is 46.3 Å². The van der Waals surface area contributed by atoms with Crippen molar-refractivity contribution in [3.8, 4) is 0 Å². The molecular formula is C17H21FN2O. The fraction of sp³-hybridized carbons (Fsp3) is 0.588. The van der Waals surface area contributed by atoms with Crippen molar-refractivity contribution in [2.45, 2.75) is 37.1 Å². The van der Waals surface area contributed by atoms with Gasteiger partial charge >= 0.3 is 0 Å². The summed E-state index contributed by atoms with van der Waals surface area (Å²) in [5, 5.41) is 0. The predicted octanol–water partition coefficient (Wildman–Crippen LogP) is 2.05. The highest BCUT2D eigenvalue weighted by Crippen LogP contribution is 2.51. The van der Waals surface area contributed by atoms with Crippen LogP contribution >= 0.6 is 0 Å². The summed E-state index contributed by atoms with van der Waals surface area (Å²) in [6.07, 6.45) is 4.01. The van der Waals surface area contributed by atoms with E-state index in [9.17, 15) is 9.18 Å². The molecule has 0 radical (unpaired) electrons. The molecule has 1 aliphatic heterocycles. The smallest absolute Gasteiger partial charge is 0.233 e. The maximum Gasteiger partial charge on any atom is 0.233 e. The lowest BCUT2D eigenvalue weighted by Gasteiger charge is -2.24. The molecule has 0 spiro atoms. The minimum absolute atomic E-state index is 0.0891. The Morgan fingerprint density at radius 1 is 1.24 bits per heavy atom. The molecule has 21 heavy (non-hydrogen) atoms. The zero-order chi connectivity index (χ0) is 14.6. The number of amides is 1. The van der Waals surface area contributed by atoms with Crippen molar-refractivity contribution >= 4 is 5.91 Å². The van der Waals surface area contributed by atoms with Gasteiger partial charge < -0.3 is 10.6 Å². The highest BCUT2D eigenvalue weighted by Gasteiger charge is 2.56. The van der Waals surface area contributed by atoms with Crippen LogP contribution in [0.15, 0.2) is 24.3 Å². The van der Waals surface area contributed by atoms with Gasteiger partial charge in [-0.2, -0.15) is 0 Å². The number of carbonyl (C=O) groups is 1. The van der Waals surface area contributed by atoms with Gasteiger partial charge in [-0.1, -0.05) is 18.2 Å². The van der Waals surface area contributed by atoms with E-state index < -0.39 is 5.41 Å². The van der Waals surface area contributed by atoms with Gasteiger partial charge in [-0.15, -0.1) is 0 Å². The molecule has 4 heteroatoms. The monoisotopic (exact) mass is 288 g/mol. The van der Waals surface area contributed by atoms with Gasteiger partial charge in [0.2, 0.25) is 5.91 Å². The lowest BCUT2D eigenvalue weighted by molar-refractivity contribution is -0.133. The molecular weight excluding hydrogens is 267 g/mol. The third-order valence-electron chi connectivity index (χ3n) is 5.48. The zero-order valence-corrected chi connectivity index (χ0v) is 12.1. The van der Waals surface area contributed by atoms with Gasteiger partial charge in [0, 0.05) is 24.7 Å². The quantitative estimate of drug-likeness (QED) is 0.925. The van der Waals surface area contributed by atoms with Gasteiger partial charge in [-0.25, -0.2) is 4.39 Å². The molecule has 3 aliphatic rings. The average Bonchev–Trinajstić information content (AvgIpc) is 3.38. The van der Waals surface area contributed by atoms with Crippen LogP contribution in [0.4, 0.5) is 4.39 Å². The first-order chi connectivity index (χ1) is 10.1. The van der Waals surface area contributed by atoms with Crippen LogP contribution in [0.3, 0.4) is 0 Å². The number of benzene rings is 1. The first-order valence-electron chi connectivity index (χ1n) is 7.92. The Kier molecular flexibility index (Phi) is 2.86. The maximum atomic E-state index is 14.1. The Labute approximate surface area is 124 Å². The SMILES string of the molecule is N[C@H]1CN(C(=O)C2(c3ccccc3F)CC2)C[C@@H]1C1CC1. The Morgan fingerprint density at radius 2 is 1.95 bits per heavy atom. The van der Waals surface area contributed by atoms with Gasteiger partial charge in [0.25, 0.3) is 0 Å². The Balaban J connectivity index is 1.56. The van der Waals surface area contributed by atoms with E-state index in [1.54, 1.807) is 12.1 Å². The molecule has 2 aliphatic carbocycles. The molecule has 3 fully saturated rings. The third-order valence-corrected chi connectivity index (χ3v) is 5.48. The fourth-order valence-electron chi connectivity index (χ4n) is 3.92. The van der Waals surface area contributed by atoms with Gasteiger partial charge in [0.1, 0.15) is 5.82 Å². The molecule has 2 N–H and O–H groups in total. The molecule has 112 valence electrons. The Bertz CT molecular complexity index is 580. The number of carbonyl (C=O) groups excluding carboxylic acids is 1. The molecule has 1 amide bonds. The number of rotatable bonds is 3. The summed E-state index contributed by atoms with van der Waals surface area (Å²) in [5.41, 5.74) is 6.17. The average molecular weight is 288 g/mol. The van der Waals surface area contributed by atoms with Crippen LogP contribution in [-0.4, -0.2) is 29.9 Å². The second kappa shape index (κ2) is 4.54. The van der Waals surface area contributed by atoms with Crippen LogP contribution in [0.2, 0.25) is 0 Å². The second-order valence-corrected chi connectivity index (χ2v) is 6.94. The van der Waals surface area contributed by atoms with E-state index in [1.165, 1.54) is 18.9 Å². The molecule has 0 unspecified atom stereocenters. The summed E-state index contributed by atoms with van der Waals surface area (Å²) in [7, 11) is 0. The van der Waals surface area contributed by atoms with E-state index in [4.69, 9.17) is 5.73 Å². The van der Waals surface area contributed by atoms with E-state index in [0.717, 1.165) is 19.4 Å². The minimum Gasteiger partial charge on any atom is -0.340 e. The van der Waals surface area contributed by atoms with Gasteiger partial charge in [0.05, 0.1) is 5.41 Å². The van der Waals surface area contributed by atoms with E-state index in [0.29, 0.717) is 23.9 Å². The predicted molar refractivity (Wildman–Crippen MR) is 78.1 cm³/mol. The van der Waals surface area contributed by atoms with Crippen molar-refractivity contribution in [2.24, 2.45) is 17.6 Å². The highest BCUT2D eigenvalue weighted by molar-refractivity contribution is 5.91. The number of hydrogen-bond acceptors (Lipinski definition) is 2. The molecule has 0 aromatic heterocycles. The van der Waals surface area contributed by atoms with Crippen molar-refractivity contribution in [1.29, 1.82) is 0 Å². The summed E-state index contributed by atoms with van der Waals surface area (Å²) in [6, 6.07) is 6.79. The summed E-state index contributed by atoms with van der Waals surface area (Å²) >= 11 is 0. The molecule has 1 heterocycles. The summed E-state index contributed by atoms with van der Waals surface area (Å²) in [4.78, 5) is 14.8.